The molecule has 2 fully saturated rings. The summed E-state index contributed by atoms with van der Waals surface area (Å²) in [6.45, 7) is 5.22. The minimum absolute atomic E-state index is 0.239. The molecule has 6 heteroatoms. The lowest BCUT2D eigenvalue weighted by molar-refractivity contribution is 0.0697. The van der Waals surface area contributed by atoms with Crippen LogP contribution in [0, 0.1) is 5.92 Å². The van der Waals surface area contributed by atoms with Gasteiger partial charge in [-0.05, 0) is 75.0 Å². The number of carbonyl (C=O) groups excluding carboxylic acids is 1. The first-order chi connectivity index (χ1) is 14.6. The topological polar surface area (TPSA) is 72.9 Å². The SMILES string of the molecule is O=C(Nc1ccc(N2CCC[C@@H](CN3CCCC3)C2)c(C(=O)O)c1)c1ccccc1. The number of rotatable bonds is 6. The van der Waals surface area contributed by atoms with Gasteiger partial charge in [-0.3, -0.25) is 4.79 Å². The van der Waals surface area contributed by atoms with E-state index >= 15 is 0 Å². The summed E-state index contributed by atoms with van der Waals surface area (Å²) in [5.74, 6) is -0.651. The predicted octanol–water partition coefficient (Wildman–Crippen LogP) is 3.95. The van der Waals surface area contributed by atoms with Gasteiger partial charge in [-0.25, -0.2) is 4.79 Å². The van der Waals surface area contributed by atoms with E-state index in [1.54, 1.807) is 36.4 Å². The number of hydrogen-bond acceptors (Lipinski definition) is 4. The monoisotopic (exact) mass is 407 g/mol. The number of piperidine rings is 1. The van der Waals surface area contributed by atoms with Gasteiger partial charge in [-0.2, -0.15) is 0 Å². The maximum Gasteiger partial charge on any atom is 0.337 e. The van der Waals surface area contributed by atoms with Crippen molar-refractivity contribution in [3.8, 4) is 0 Å². The average Bonchev–Trinajstić information content (AvgIpc) is 3.27. The summed E-state index contributed by atoms with van der Waals surface area (Å²) in [6, 6.07) is 14.1. The Morgan fingerprint density at radius 2 is 1.77 bits per heavy atom. The number of amides is 1. The van der Waals surface area contributed by atoms with Crippen molar-refractivity contribution in [1.82, 2.24) is 4.90 Å². The number of carboxylic acids is 1. The van der Waals surface area contributed by atoms with E-state index in [4.69, 9.17) is 0 Å². The predicted molar refractivity (Wildman–Crippen MR) is 118 cm³/mol. The number of hydrogen-bond donors (Lipinski definition) is 2. The van der Waals surface area contributed by atoms with Crippen LogP contribution < -0.4 is 10.2 Å². The Kier molecular flexibility index (Phi) is 6.33. The second-order valence-electron chi connectivity index (χ2n) is 8.32. The lowest BCUT2D eigenvalue weighted by Crippen LogP contribution is -2.41. The van der Waals surface area contributed by atoms with E-state index in [1.807, 2.05) is 12.1 Å². The molecule has 4 rings (SSSR count). The van der Waals surface area contributed by atoms with Crippen molar-refractivity contribution in [3.05, 3.63) is 59.7 Å². The van der Waals surface area contributed by atoms with Gasteiger partial charge in [0.15, 0.2) is 0 Å². The first kappa shape index (κ1) is 20.4. The fourth-order valence-corrected chi connectivity index (χ4v) is 4.62. The quantitative estimate of drug-likeness (QED) is 0.759. The van der Waals surface area contributed by atoms with E-state index in [1.165, 1.54) is 32.4 Å². The highest BCUT2D eigenvalue weighted by Gasteiger charge is 2.26. The van der Waals surface area contributed by atoms with Crippen molar-refractivity contribution < 1.29 is 14.7 Å². The number of benzene rings is 2. The van der Waals surface area contributed by atoms with Crippen LogP contribution in [-0.4, -0.2) is 54.6 Å². The fraction of sp³-hybridized carbons (Fsp3) is 0.417. The molecule has 1 atom stereocenters. The Balaban J connectivity index is 1.48. The molecule has 1 amide bonds. The van der Waals surface area contributed by atoms with Gasteiger partial charge < -0.3 is 20.2 Å². The van der Waals surface area contributed by atoms with E-state index in [9.17, 15) is 14.7 Å². The third kappa shape index (κ3) is 4.82. The summed E-state index contributed by atoms with van der Waals surface area (Å²) in [5.41, 5.74) is 2.02. The van der Waals surface area contributed by atoms with Crippen LogP contribution in [0.5, 0.6) is 0 Å². The van der Waals surface area contributed by atoms with Crippen molar-refractivity contribution in [2.45, 2.75) is 25.7 Å². The van der Waals surface area contributed by atoms with E-state index in [-0.39, 0.29) is 11.5 Å². The Hall–Kier alpha value is -2.86. The van der Waals surface area contributed by atoms with Crippen molar-refractivity contribution in [2.24, 2.45) is 5.92 Å². The highest BCUT2D eigenvalue weighted by Crippen LogP contribution is 2.30. The molecular formula is C24H29N3O3. The Labute approximate surface area is 177 Å². The van der Waals surface area contributed by atoms with Crippen LogP contribution in [0.3, 0.4) is 0 Å². The Morgan fingerprint density at radius 3 is 2.50 bits per heavy atom. The van der Waals surface area contributed by atoms with Crippen LogP contribution >= 0.6 is 0 Å². The van der Waals surface area contributed by atoms with Crippen LogP contribution in [0.15, 0.2) is 48.5 Å². The molecular weight excluding hydrogens is 378 g/mol. The Morgan fingerprint density at radius 1 is 1.00 bits per heavy atom. The van der Waals surface area contributed by atoms with Gasteiger partial charge in [0, 0.05) is 30.9 Å². The van der Waals surface area contributed by atoms with Crippen LogP contribution in [0.4, 0.5) is 11.4 Å². The van der Waals surface area contributed by atoms with E-state index in [2.05, 4.69) is 15.1 Å². The van der Waals surface area contributed by atoms with E-state index in [0.29, 0.717) is 17.2 Å². The van der Waals surface area contributed by atoms with Crippen molar-refractivity contribution in [1.29, 1.82) is 0 Å². The minimum Gasteiger partial charge on any atom is -0.478 e. The average molecular weight is 408 g/mol. The number of carbonyl (C=O) groups is 2. The van der Waals surface area contributed by atoms with Crippen molar-refractivity contribution in [2.75, 3.05) is 42.9 Å². The maximum atomic E-state index is 12.4. The molecule has 0 aromatic heterocycles. The molecule has 0 spiro atoms. The first-order valence-corrected chi connectivity index (χ1v) is 10.8. The third-order valence-corrected chi connectivity index (χ3v) is 6.10. The zero-order valence-electron chi connectivity index (χ0n) is 17.2. The summed E-state index contributed by atoms with van der Waals surface area (Å²) in [6.07, 6.45) is 4.84. The van der Waals surface area contributed by atoms with Gasteiger partial charge in [0.25, 0.3) is 5.91 Å². The molecule has 0 saturated carbocycles. The van der Waals surface area contributed by atoms with Gasteiger partial charge in [-0.1, -0.05) is 18.2 Å². The van der Waals surface area contributed by atoms with Crippen molar-refractivity contribution in [3.63, 3.8) is 0 Å². The molecule has 0 unspecified atom stereocenters. The number of nitrogens with one attached hydrogen (secondary N) is 1. The van der Waals surface area contributed by atoms with Crippen LogP contribution in [0.25, 0.3) is 0 Å². The maximum absolute atomic E-state index is 12.4. The normalized spacial score (nSPS) is 19.6. The van der Waals surface area contributed by atoms with E-state index in [0.717, 1.165) is 31.7 Å². The molecule has 2 aromatic rings. The molecule has 2 aromatic carbocycles. The molecule has 6 nitrogen and oxygen atoms in total. The molecule has 2 aliphatic heterocycles. The largest absolute Gasteiger partial charge is 0.478 e. The lowest BCUT2D eigenvalue weighted by atomic mass is 9.96. The standard InChI is InChI=1S/C24H29N3O3/c28-23(19-8-2-1-3-9-19)25-20-10-11-22(21(15-20)24(29)30)27-14-6-7-18(17-27)16-26-12-4-5-13-26/h1-3,8-11,15,18H,4-7,12-14,16-17H2,(H,25,28)(H,29,30)/t18-/m0/s1. The molecule has 0 radical (unpaired) electrons. The number of aromatic carboxylic acids is 1. The van der Waals surface area contributed by atoms with Crippen LogP contribution in [-0.2, 0) is 0 Å². The van der Waals surface area contributed by atoms with E-state index < -0.39 is 5.97 Å². The highest BCUT2D eigenvalue weighted by atomic mass is 16.4. The number of carboxylic acid groups (broad SMARTS) is 1. The Bertz CT molecular complexity index is 894. The smallest absolute Gasteiger partial charge is 0.337 e. The number of likely N-dealkylation sites (tertiary alicyclic amines) is 1. The van der Waals surface area contributed by atoms with Crippen LogP contribution in [0.1, 0.15) is 46.4 Å². The van der Waals surface area contributed by atoms with Gasteiger partial charge >= 0.3 is 5.97 Å². The summed E-state index contributed by atoms with van der Waals surface area (Å²) in [4.78, 5) is 29.1. The lowest BCUT2D eigenvalue weighted by Gasteiger charge is -2.36. The van der Waals surface area contributed by atoms with Gasteiger partial charge in [-0.15, -0.1) is 0 Å². The molecule has 0 aliphatic carbocycles. The van der Waals surface area contributed by atoms with Crippen LogP contribution in [0.2, 0.25) is 0 Å². The van der Waals surface area contributed by atoms with Gasteiger partial charge in [0.05, 0.1) is 11.3 Å². The molecule has 30 heavy (non-hydrogen) atoms. The summed E-state index contributed by atoms with van der Waals surface area (Å²) >= 11 is 0. The highest BCUT2D eigenvalue weighted by molar-refractivity contribution is 6.05. The molecule has 2 saturated heterocycles. The second-order valence-corrected chi connectivity index (χ2v) is 8.32. The van der Waals surface area contributed by atoms with Gasteiger partial charge in [0.2, 0.25) is 0 Å². The first-order valence-electron chi connectivity index (χ1n) is 10.8. The summed E-state index contributed by atoms with van der Waals surface area (Å²) in [7, 11) is 0. The fourth-order valence-electron chi connectivity index (χ4n) is 4.62. The molecule has 158 valence electrons. The number of nitrogens with zero attached hydrogens (tertiary/aromatic N) is 2. The molecule has 0 bridgehead atoms. The second kappa shape index (κ2) is 9.30. The number of anilines is 2. The van der Waals surface area contributed by atoms with Gasteiger partial charge in [0.1, 0.15) is 0 Å². The molecule has 2 N–H and O–H groups in total. The molecule has 2 aliphatic rings. The zero-order valence-corrected chi connectivity index (χ0v) is 17.2. The zero-order chi connectivity index (χ0) is 20.9. The minimum atomic E-state index is -0.970. The third-order valence-electron chi connectivity index (χ3n) is 6.10. The van der Waals surface area contributed by atoms with Crippen molar-refractivity contribution >= 4 is 23.3 Å². The summed E-state index contributed by atoms with van der Waals surface area (Å²) in [5, 5.41) is 12.6. The molecule has 2 heterocycles. The summed E-state index contributed by atoms with van der Waals surface area (Å²) < 4.78 is 0.